The molecular weight excluding hydrogens is 306 g/mol. The van der Waals surface area contributed by atoms with Crippen LogP contribution in [0.5, 0.6) is 11.5 Å². The van der Waals surface area contributed by atoms with Crippen LogP contribution in [0.15, 0.2) is 46.9 Å². The van der Waals surface area contributed by atoms with Crippen LogP contribution >= 0.6 is 0 Å². The fraction of sp³-hybridized carbons (Fsp3) is 0.211. The SMILES string of the molecule is COc1ccc2oc3c(c2c1)CCN1C(=O)c2ccccc2OC31. The number of rotatable bonds is 1. The molecule has 5 nitrogen and oxygen atoms in total. The summed E-state index contributed by atoms with van der Waals surface area (Å²) in [5, 5.41) is 1.03. The van der Waals surface area contributed by atoms with E-state index in [4.69, 9.17) is 13.9 Å². The average Bonchev–Trinajstić information content (AvgIpc) is 3.00. The smallest absolute Gasteiger partial charge is 0.260 e. The molecule has 5 rings (SSSR count). The van der Waals surface area contributed by atoms with E-state index in [0.717, 1.165) is 28.7 Å². The maximum absolute atomic E-state index is 12.8. The Labute approximate surface area is 138 Å². The number of nitrogens with zero attached hydrogens (tertiary/aromatic N) is 1. The van der Waals surface area contributed by atoms with Gasteiger partial charge in [0.25, 0.3) is 5.91 Å². The molecule has 0 bridgehead atoms. The van der Waals surface area contributed by atoms with Gasteiger partial charge in [0.05, 0.1) is 12.7 Å². The van der Waals surface area contributed by atoms with Crippen molar-refractivity contribution in [2.45, 2.75) is 12.6 Å². The molecule has 120 valence electrons. The molecule has 1 amide bonds. The largest absolute Gasteiger partial charge is 0.497 e. The summed E-state index contributed by atoms with van der Waals surface area (Å²) < 4.78 is 17.5. The first-order valence-corrected chi connectivity index (χ1v) is 7.92. The molecule has 0 N–H and O–H groups in total. The first-order chi connectivity index (χ1) is 11.8. The zero-order chi connectivity index (χ0) is 16.3. The molecule has 1 atom stereocenters. The Morgan fingerprint density at radius 3 is 2.96 bits per heavy atom. The van der Waals surface area contributed by atoms with Gasteiger partial charge in [-0.2, -0.15) is 0 Å². The van der Waals surface area contributed by atoms with Crippen molar-refractivity contribution in [1.29, 1.82) is 0 Å². The summed E-state index contributed by atoms with van der Waals surface area (Å²) in [6.07, 6.45) is 0.234. The van der Waals surface area contributed by atoms with Crippen molar-refractivity contribution < 1.29 is 18.7 Å². The highest BCUT2D eigenvalue weighted by Crippen LogP contribution is 2.43. The van der Waals surface area contributed by atoms with Crippen molar-refractivity contribution in [3.05, 3.63) is 59.4 Å². The first-order valence-electron chi connectivity index (χ1n) is 7.92. The Hall–Kier alpha value is -2.95. The number of carbonyl (C=O) groups is 1. The Morgan fingerprint density at radius 2 is 2.08 bits per heavy atom. The van der Waals surface area contributed by atoms with Gasteiger partial charge >= 0.3 is 0 Å². The molecule has 2 aromatic carbocycles. The van der Waals surface area contributed by atoms with E-state index in [2.05, 4.69) is 0 Å². The second-order valence-electron chi connectivity index (χ2n) is 6.02. The summed E-state index contributed by atoms with van der Waals surface area (Å²) in [5.74, 6) is 2.10. The van der Waals surface area contributed by atoms with Gasteiger partial charge in [-0.25, -0.2) is 0 Å². The number of furan rings is 1. The van der Waals surface area contributed by atoms with E-state index in [1.165, 1.54) is 0 Å². The Balaban J connectivity index is 1.67. The number of ether oxygens (including phenoxy) is 2. The van der Waals surface area contributed by atoms with Crippen LogP contribution < -0.4 is 9.47 Å². The molecule has 0 aliphatic carbocycles. The fourth-order valence-electron chi connectivity index (χ4n) is 3.57. The standard InChI is InChI=1S/C19H15NO4/c1-22-11-6-7-16-14(10-11)12-8-9-20-18(21)13-4-2-3-5-15(13)24-19(20)17(12)23-16/h2-7,10,19H,8-9H2,1H3. The summed E-state index contributed by atoms with van der Waals surface area (Å²) in [7, 11) is 1.65. The molecule has 0 saturated heterocycles. The van der Waals surface area contributed by atoms with Crippen molar-refractivity contribution in [2.24, 2.45) is 0 Å². The van der Waals surface area contributed by atoms with E-state index in [-0.39, 0.29) is 5.91 Å². The van der Waals surface area contributed by atoms with Gasteiger partial charge in [-0.15, -0.1) is 0 Å². The zero-order valence-corrected chi connectivity index (χ0v) is 13.1. The van der Waals surface area contributed by atoms with E-state index in [0.29, 0.717) is 23.6 Å². The second-order valence-corrected chi connectivity index (χ2v) is 6.02. The summed E-state index contributed by atoms with van der Waals surface area (Å²) >= 11 is 0. The molecule has 0 saturated carbocycles. The minimum absolute atomic E-state index is 0.00876. The van der Waals surface area contributed by atoms with Crippen molar-refractivity contribution >= 4 is 16.9 Å². The minimum atomic E-state index is -0.505. The average molecular weight is 321 g/mol. The summed E-state index contributed by atoms with van der Waals surface area (Å²) in [4.78, 5) is 14.5. The van der Waals surface area contributed by atoms with Gasteiger partial charge < -0.3 is 13.9 Å². The van der Waals surface area contributed by atoms with E-state index in [9.17, 15) is 4.79 Å². The van der Waals surface area contributed by atoms with Crippen molar-refractivity contribution in [3.63, 3.8) is 0 Å². The zero-order valence-electron chi connectivity index (χ0n) is 13.1. The molecule has 24 heavy (non-hydrogen) atoms. The number of methoxy groups -OCH3 is 1. The number of hydrogen-bond donors (Lipinski definition) is 0. The van der Waals surface area contributed by atoms with Gasteiger partial charge in [0.2, 0.25) is 6.23 Å². The first kappa shape index (κ1) is 13.5. The molecule has 0 spiro atoms. The number of benzene rings is 2. The highest BCUT2D eigenvalue weighted by Gasteiger charge is 2.41. The van der Waals surface area contributed by atoms with Crippen LogP contribution in [0.4, 0.5) is 0 Å². The van der Waals surface area contributed by atoms with E-state index in [1.54, 1.807) is 18.1 Å². The van der Waals surface area contributed by atoms with E-state index >= 15 is 0 Å². The van der Waals surface area contributed by atoms with Gasteiger partial charge in [0, 0.05) is 17.5 Å². The van der Waals surface area contributed by atoms with E-state index in [1.807, 2.05) is 36.4 Å². The van der Waals surface area contributed by atoms with E-state index < -0.39 is 6.23 Å². The monoisotopic (exact) mass is 321 g/mol. The lowest BCUT2D eigenvalue weighted by molar-refractivity contribution is -0.00667. The molecular formula is C19H15NO4. The normalized spacial score (nSPS) is 18.6. The van der Waals surface area contributed by atoms with Crippen LogP contribution in [-0.2, 0) is 6.42 Å². The van der Waals surface area contributed by atoms with Crippen molar-refractivity contribution in [1.82, 2.24) is 4.90 Å². The third kappa shape index (κ3) is 1.72. The maximum Gasteiger partial charge on any atom is 0.260 e. The third-order valence-corrected chi connectivity index (χ3v) is 4.76. The lowest BCUT2D eigenvalue weighted by Crippen LogP contribution is -2.45. The third-order valence-electron chi connectivity index (χ3n) is 4.76. The lowest BCUT2D eigenvalue weighted by Gasteiger charge is -2.38. The molecule has 2 aliphatic rings. The van der Waals surface area contributed by atoms with Crippen molar-refractivity contribution in [2.75, 3.05) is 13.7 Å². The van der Waals surface area contributed by atoms with Crippen LogP contribution in [0.25, 0.3) is 11.0 Å². The van der Waals surface area contributed by atoms with Crippen LogP contribution in [0.2, 0.25) is 0 Å². The predicted molar refractivity (Wildman–Crippen MR) is 87.3 cm³/mol. The van der Waals surface area contributed by atoms with Gasteiger partial charge in [0.15, 0.2) is 5.76 Å². The van der Waals surface area contributed by atoms with Gasteiger partial charge in [0.1, 0.15) is 17.1 Å². The summed E-state index contributed by atoms with van der Waals surface area (Å²) in [5.41, 5.74) is 2.49. The molecule has 0 radical (unpaired) electrons. The Bertz CT molecular complexity index is 975. The number of carbonyl (C=O) groups excluding carboxylic acids is 1. The number of amides is 1. The van der Waals surface area contributed by atoms with Gasteiger partial charge in [-0.05, 0) is 36.8 Å². The fourth-order valence-corrected chi connectivity index (χ4v) is 3.57. The second kappa shape index (κ2) is 4.77. The maximum atomic E-state index is 12.8. The topological polar surface area (TPSA) is 51.9 Å². The molecule has 2 aliphatic heterocycles. The lowest BCUT2D eigenvalue weighted by atomic mass is 9.99. The Morgan fingerprint density at radius 1 is 1.21 bits per heavy atom. The van der Waals surface area contributed by atoms with Crippen LogP contribution in [-0.4, -0.2) is 24.5 Å². The van der Waals surface area contributed by atoms with Gasteiger partial charge in [-0.1, -0.05) is 12.1 Å². The number of fused-ring (bicyclic) bond motifs is 6. The summed E-state index contributed by atoms with van der Waals surface area (Å²) in [6.45, 7) is 0.608. The highest BCUT2D eigenvalue weighted by molar-refractivity contribution is 5.98. The molecule has 1 unspecified atom stereocenters. The molecule has 5 heteroatoms. The number of hydrogen-bond acceptors (Lipinski definition) is 4. The van der Waals surface area contributed by atoms with Crippen molar-refractivity contribution in [3.8, 4) is 11.5 Å². The quantitative estimate of drug-likeness (QED) is 0.688. The molecule has 3 aromatic rings. The molecule has 0 fully saturated rings. The number of para-hydroxylation sites is 1. The van der Waals surface area contributed by atoms with Crippen LogP contribution in [0, 0.1) is 0 Å². The van der Waals surface area contributed by atoms with Crippen LogP contribution in [0.1, 0.15) is 27.9 Å². The predicted octanol–water partition coefficient (Wildman–Crippen LogP) is 3.53. The molecule has 3 heterocycles. The minimum Gasteiger partial charge on any atom is -0.497 e. The molecule has 1 aromatic heterocycles. The Kier molecular flexibility index (Phi) is 2.68. The highest BCUT2D eigenvalue weighted by atomic mass is 16.5. The van der Waals surface area contributed by atoms with Gasteiger partial charge in [-0.3, -0.25) is 9.69 Å². The summed E-state index contributed by atoms with van der Waals surface area (Å²) in [6, 6.07) is 13.1. The van der Waals surface area contributed by atoms with Crippen LogP contribution in [0.3, 0.4) is 0 Å².